The van der Waals surface area contributed by atoms with Gasteiger partial charge in [-0.25, -0.2) is 4.39 Å². The van der Waals surface area contributed by atoms with Crippen molar-refractivity contribution in [3.8, 4) is 0 Å². The van der Waals surface area contributed by atoms with Crippen molar-refractivity contribution in [1.29, 1.82) is 0 Å². The number of halogens is 2. The highest BCUT2D eigenvalue weighted by molar-refractivity contribution is 9.10. The molecule has 2 aromatic rings. The van der Waals surface area contributed by atoms with Gasteiger partial charge < -0.3 is 5.32 Å². The van der Waals surface area contributed by atoms with Gasteiger partial charge in [0.25, 0.3) is 0 Å². The van der Waals surface area contributed by atoms with Crippen LogP contribution in [-0.2, 0) is 17.3 Å². The molecule has 0 amide bonds. The third-order valence-electron chi connectivity index (χ3n) is 2.67. The first kappa shape index (κ1) is 14.2. The molecule has 0 fully saturated rings. The van der Waals surface area contributed by atoms with E-state index < -0.39 is 10.8 Å². The lowest BCUT2D eigenvalue weighted by Crippen LogP contribution is -2.00. The monoisotopic (exact) mass is 341 g/mol. The van der Waals surface area contributed by atoms with Crippen LogP contribution in [0.1, 0.15) is 5.56 Å². The van der Waals surface area contributed by atoms with E-state index >= 15 is 0 Å². The third kappa shape index (κ3) is 3.88. The largest absolute Gasteiger partial charge is 0.381 e. The zero-order valence-electron chi connectivity index (χ0n) is 10.3. The molecule has 0 heterocycles. The molecular weight excluding hydrogens is 329 g/mol. The average molecular weight is 342 g/mol. The molecule has 0 aliphatic carbocycles. The Bertz CT molecular complexity index is 601. The summed E-state index contributed by atoms with van der Waals surface area (Å²) in [6.07, 6.45) is 1.65. The molecule has 0 aliphatic rings. The van der Waals surface area contributed by atoms with E-state index in [0.29, 0.717) is 11.0 Å². The van der Waals surface area contributed by atoms with Gasteiger partial charge in [0.05, 0.1) is 4.47 Å². The van der Waals surface area contributed by atoms with Crippen LogP contribution >= 0.6 is 15.9 Å². The molecule has 0 spiro atoms. The van der Waals surface area contributed by atoms with Crippen LogP contribution in [0.3, 0.4) is 0 Å². The first-order valence-electron chi connectivity index (χ1n) is 5.67. The minimum absolute atomic E-state index is 0.290. The van der Waals surface area contributed by atoms with Crippen molar-refractivity contribution in [3.05, 3.63) is 58.3 Å². The fourth-order valence-corrected chi connectivity index (χ4v) is 2.38. The molecule has 0 aromatic heterocycles. The Morgan fingerprint density at radius 1 is 1.21 bits per heavy atom. The molecule has 0 radical (unpaired) electrons. The van der Waals surface area contributed by atoms with Crippen molar-refractivity contribution in [2.75, 3.05) is 11.6 Å². The van der Waals surface area contributed by atoms with Crippen LogP contribution < -0.4 is 5.32 Å². The molecular formula is C14H13BrFNOS. The quantitative estimate of drug-likeness (QED) is 0.912. The summed E-state index contributed by atoms with van der Waals surface area (Å²) in [6, 6.07) is 12.4. The van der Waals surface area contributed by atoms with E-state index in [9.17, 15) is 8.60 Å². The number of benzene rings is 2. The summed E-state index contributed by atoms with van der Waals surface area (Å²) in [5.41, 5.74) is 1.78. The minimum Gasteiger partial charge on any atom is -0.381 e. The fraction of sp³-hybridized carbons (Fsp3) is 0.143. The number of hydrogen-bond donors (Lipinski definition) is 1. The van der Waals surface area contributed by atoms with Gasteiger partial charge in [-0.1, -0.05) is 12.1 Å². The number of nitrogens with one attached hydrogen (secondary N) is 1. The van der Waals surface area contributed by atoms with Crippen LogP contribution in [0.2, 0.25) is 0 Å². The van der Waals surface area contributed by atoms with E-state index in [4.69, 9.17) is 0 Å². The molecule has 1 N–H and O–H groups in total. The van der Waals surface area contributed by atoms with Crippen molar-refractivity contribution in [2.45, 2.75) is 11.4 Å². The van der Waals surface area contributed by atoms with Gasteiger partial charge in [0.2, 0.25) is 0 Å². The van der Waals surface area contributed by atoms with E-state index in [1.807, 2.05) is 30.3 Å². The SMILES string of the molecule is C[S@@](=O)c1ccc(CNc2ccc(Br)c(F)c2)cc1. The van der Waals surface area contributed by atoms with Crippen LogP contribution in [0.25, 0.3) is 0 Å². The second-order valence-corrected chi connectivity index (χ2v) is 6.31. The molecule has 0 saturated heterocycles. The molecule has 100 valence electrons. The third-order valence-corrected chi connectivity index (χ3v) is 4.25. The number of rotatable bonds is 4. The summed E-state index contributed by atoms with van der Waals surface area (Å²) in [6.45, 7) is 0.595. The van der Waals surface area contributed by atoms with Crippen LogP contribution in [-0.4, -0.2) is 10.5 Å². The van der Waals surface area contributed by atoms with Gasteiger partial charge in [0.1, 0.15) is 5.82 Å². The Morgan fingerprint density at radius 2 is 1.89 bits per heavy atom. The van der Waals surface area contributed by atoms with E-state index in [1.165, 1.54) is 6.07 Å². The van der Waals surface area contributed by atoms with Crippen molar-refractivity contribution in [2.24, 2.45) is 0 Å². The second-order valence-electron chi connectivity index (χ2n) is 4.08. The van der Waals surface area contributed by atoms with Gasteiger partial charge in [-0.3, -0.25) is 4.21 Å². The lowest BCUT2D eigenvalue weighted by Gasteiger charge is -2.07. The molecule has 0 saturated carbocycles. The number of hydrogen-bond acceptors (Lipinski definition) is 2. The standard InChI is InChI=1S/C14H13BrFNOS/c1-19(18)12-5-2-10(3-6-12)9-17-11-4-7-13(15)14(16)8-11/h2-8,17H,9H2,1H3/t19-/m1/s1. The average Bonchev–Trinajstić information content (AvgIpc) is 2.40. The maximum Gasteiger partial charge on any atom is 0.139 e. The normalized spacial score (nSPS) is 12.2. The molecule has 2 aromatic carbocycles. The summed E-state index contributed by atoms with van der Waals surface area (Å²) < 4.78 is 25.0. The van der Waals surface area contributed by atoms with Gasteiger partial charge in [-0.15, -0.1) is 0 Å². The predicted molar refractivity (Wildman–Crippen MR) is 80.2 cm³/mol. The van der Waals surface area contributed by atoms with Crippen LogP contribution in [0.5, 0.6) is 0 Å². The Balaban J connectivity index is 2.01. The van der Waals surface area contributed by atoms with Gasteiger partial charge in [-0.05, 0) is 51.8 Å². The van der Waals surface area contributed by atoms with E-state index in [2.05, 4.69) is 21.2 Å². The lowest BCUT2D eigenvalue weighted by atomic mass is 10.2. The molecule has 0 bridgehead atoms. The zero-order valence-corrected chi connectivity index (χ0v) is 12.7. The second kappa shape index (κ2) is 6.30. The number of anilines is 1. The molecule has 19 heavy (non-hydrogen) atoms. The van der Waals surface area contributed by atoms with Crippen molar-refractivity contribution in [3.63, 3.8) is 0 Å². The Hall–Kier alpha value is -1.20. The topological polar surface area (TPSA) is 29.1 Å². The van der Waals surface area contributed by atoms with Gasteiger partial charge in [0, 0.05) is 34.2 Å². The molecule has 0 aliphatic heterocycles. The van der Waals surface area contributed by atoms with Gasteiger partial charge in [0.15, 0.2) is 0 Å². The van der Waals surface area contributed by atoms with Gasteiger partial charge in [-0.2, -0.15) is 0 Å². The predicted octanol–water partition coefficient (Wildman–Crippen LogP) is 3.94. The summed E-state index contributed by atoms with van der Waals surface area (Å²) in [4.78, 5) is 0.804. The van der Waals surface area contributed by atoms with Crippen molar-refractivity contribution in [1.82, 2.24) is 0 Å². The Labute approximate surface area is 122 Å². The summed E-state index contributed by atoms with van der Waals surface area (Å²) in [7, 11) is -0.958. The van der Waals surface area contributed by atoms with E-state index in [1.54, 1.807) is 12.3 Å². The molecule has 2 rings (SSSR count). The van der Waals surface area contributed by atoms with Crippen molar-refractivity contribution < 1.29 is 8.60 Å². The van der Waals surface area contributed by atoms with E-state index in [-0.39, 0.29) is 5.82 Å². The molecule has 1 atom stereocenters. The maximum absolute atomic E-state index is 13.3. The van der Waals surface area contributed by atoms with Crippen LogP contribution in [0.4, 0.5) is 10.1 Å². The summed E-state index contributed by atoms with van der Waals surface area (Å²) >= 11 is 3.12. The van der Waals surface area contributed by atoms with Gasteiger partial charge >= 0.3 is 0 Å². The first-order valence-corrected chi connectivity index (χ1v) is 8.02. The van der Waals surface area contributed by atoms with Crippen LogP contribution in [0, 0.1) is 5.82 Å². The van der Waals surface area contributed by atoms with E-state index in [0.717, 1.165) is 16.1 Å². The minimum atomic E-state index is -0.958. The zero-order chi connectivity index (χ0) is 13.8. The highest BCUT2D eigenvalue weighted by Crippen LogP contribution is 2.20. The Morgan fingerprint density at radius 3 is 2.47 bits per heavy atom. The summed E-state index contributed by atoms with van der Waals surface area (Å²) in [5, 5.41) is 3.14. The first-order chi connectivity index (χ1) is 9.06. The molecule has 2 nitrogen and oxygen atoms in total. The maximum atomic E-state index is 13.3. The molecule has 0 unspecified atom stereocenters. The molecule has 5 heteroatoms. The highest BCUT2D eigenvalue weighted by Gasteiger charge is 2.01. The highest BCUT2D eigenvalue weighted by atomic mass is 79.9. The lowest BCUT2D eigenvalue weighted by molar-refractivity contribution is 0.621. The van der Waals surface area contributed by atoms with Crippen LogP contribution in [0.15, 0.2) is 51.8 Å². The smallest absolute Gasteiger partial charge is 0.139 e. The Kier molecular flexibility index (Phi) is 4.71. The summed E-state index contributed by atoms with van der Waals surface area (Å²) in [5.74, 6) is -0.290. The van der Waals surface area contributed by atoms with Crippen molar-refractivity contribution >= 4 is 32.4 Å². The fourth-order valence-electron chi connectivity index (χ4n) is 1.61.